The lowest BCUT2D eigenvalue weighted by Gasteiger charge is -2.11. The van der Waals surface area contributed by atoms with Crippen LogP contribution in [0.1, 0.15) is 22.5 Å². The summed E-state index contributed by atoms with van der Waals surface area (Å²) in [4.78, 5) is 42.9. The third kappa shape index (κ3) is 7.19. The van der Waals surface area contributed by atoms with Crippen LogP contribution in [0, 0.1) is 18.6 Å². The number of esters is 1. The van der Waals surface area contributed by atoms with Gasteiger partial charge >= 0.3 is 12.0 Å². The quantitative estimate of drug-likeness (QED) is 0.207. The van der Waals surface area contributed by atoms with Crippen LogP contribution in [0.3, 0.4) is 0 Å². The van der Waals surface area contributed by atoms with E-state index in [0.717, 1.165) is 11.6 Å². The molecule has 0 atom stereocenters. The van der Waals surface area contributed by atoms with Gasteiger partial charge in [0.1, 0.15) is 28.8 Å². The molecule has 2 heterocycles. The van der Waals surface area contributed by atoms with Crippen LogP contribution in [-0.2, 0) is 9.53 Å². The Morgan fingerprint density at radius 2 is 1.70 bits per heavy atom. The van der Waals surface area contributed by atoms with Crippen molar-refractivity contribution in [3.05, 3.63) is 89.9 Å². The molecule has 4 rings (SSSR count). The van der Waals surface area contributed by atoms with Crippen LogP contribution in [0.15, 0.2) is 67.0 Å². The molecule has 2 aromatic carbocycles. The fourth-order valence-electron chi connectivity index (χ4n) is 3.59. The van der Waals surface area contributed by atoms with Crippen molar-refractivity contribution in [1.29, 1.82) is 0 Å². The summed E-state index contributed by atoms with van der Waals surface area (Å²) in [7, 11) is 1.27. The van der Waals surface area contributed by atoms with Crippen molar-refractivity contribution in [3.63, 3.8) is 0 Å². The molecule has 10 nitrogen and oxygen atoms in total. The molecule has 0 bridgehead atoms. The van der Waals surface area contributed by atoms with E-state index in [1.54, 1.807) is 37.4 Å². The van der Waals surface area contributed by atoms with Crippen molar-refractivity contribution in [2.75, 3.05) is 24.3 Å². The normalized spacial score (nSPS) is 10.5. The summed E-state index contributed by atoms with van der Waals surface area (Å²) in [6.07, 6.45) is 3.14. The number of aromatic nitrogens is 2. The smallest absolute Gasteiger partial charge is 0.323 e. The summed E-state index contributed by atoms with van der Waals surface area (Å²) in [6, 6.07) is 12.1. The highest BCUT2D eigenvalue weighted by Gasteiger charge is 2.14. The Hall–Kier alpha value is -5.26. The standard InChI is InChI=1S/C28H25F2N5O5/c1-16-3-5-20(29)24(11-16)35-28(38)34-22-6-4-18(13-21(22)30)40-19-7-9-31-23(14-19)17-12-25(33-15-17)27(37)32-10-8-26(36)39-2/h3-7,9,11-15,33H,8,10H2,1-2H3,(H,32,37)(H2,34,35,38). The van der Waals surface area contributed by atoms with Crippen LogP contribution in [-0.4, -0.2) is 41.5 Å². The van der Waals surface area contributed by atoms with Crippen molar-refractivity contribution in [2.24, 2.45) is 0 Å². The molecule has 0 saturated heterocycles. The van der Waals surface area contributed by atoms with Gasteiger partial charge < -0.3 is 30.4 Å². The third-order valence-electron chi connectivity index (χ3n) is 5.59. The lowest BCUT2D eigenvalue weighted by atomic mass is 10.2. The van der Waals surface area contributed by atoms with E-state index < -0.39 is 29.5 Å². The van der Waals surface area contributed by atoms with Crippen molar-refractivity contribution < 1.29 is 32.6 Å². The van der Waals surface area contributed by atoms with Crippen LogP contribution >= 0.6 is 0 Å². The molecular weight excluding hydrogens is 524 g/mol. The van der Waals surface area contributed by atoms with Gasteiger partial charge in [0.05, 0.1) is 30.6 Å². The number of pyridine rings is 1. The maximum absolute atomic E-state index is 14.7. The highest BCUT2D eigenvalue weighted by atomic mass is 19.1. The molecule has 0 spiro atoms. The highest BCUT2D eigenvalue weighted by Crippen LogP contribution is 2.28. The average molecular weight is 550 g/mol. The minimum atomic E-state index is -0.807. The molecule has 206 valence electrons. The zero-order chi connectivity index (χ0) is 28.6. The van der Waals surface area contributed by atoms with E-state index in [2.05, 4.69) is 30.7 Å². The zero-order valence-electron chi connectivity index (χ0n) is 21.5. The Balaban J connectivity index is 1.38. The monoisotopic (exact) mass is 549 g/mol. The van der Waals surface area contributed by atoms with Crippen molar-refractivity contribution in [2.45, 2.75) is 13.3 Å². The number of carbonyl (C=O) groups excluding carboxylic acids is 3. The van der Waals surface area contributed by atoms with Gasteiger partial charge in [-0.15, -0.1) is 0 Å². The van der Waals surface area contributed by atoms with E-state index in [1.807, 2.05) is 0 Å². The number of benzene rings is 2. The maximum Gasteiger partial charge on any atom is 0.323 e. The minimum Gasteiger partial charge on any atom is -0.469 e. The van der Waals surface area contributed by atoms with Gasteiger partial charge in [-0.25, -0.2) is 13.6 Å². The number of nitrogens with zero attached hydrogens (tertiary/aromatic N) is 1. The lowest BCUT2D eigenvalue weighted by Crippen LogP contribution is -2.26. The van der Waals surface area contributed by atoms with Crippen molar-refractivity contribution >= 4 is 29.3 Å². The van der Waals surface area contributed by atoms with Gasteiger partial charge in [-0.3, -0.25) is 14.6 Å². The van der Waals surface area contributed by atoms with Crippen LogP contribution in [0.5, 0.6) is 11.5 Å². The van der Waals surface area contributed by atoms with Crippen molar-refractivity contribution in [1.82, 2.24) is 15.3 Å². The highest BCUT2D eigenvalue weighted by molar-refractivity contribution is 6.00. The largest absolute Gasteiger partial charge is 0.469 e. The summed E-state index contributed by atoms with van der Waals surface area (Å²) in [5, 5.41) is 7.31. The Labute approximate surface area is 227 Å². The number of amides is 3. The molecular formula is C28H25F2N5O5. The van der Waals surface area contributed by atoms with Gasteiger partial charge in [0.2, 0.25) is 0 Å². The number of urea groups is 1. The first-order valence-electron chi connectivity index (χ1n) is 12.0. The van der Waals surface area contributed by atoms with Gasteiger partial charge in [-0.2, -0.15) is 0 Å². The number of hydrogen-bond donors (Lipinski definition) is 4. The number of carbonyl (C=O) groups is 3. The predicted molar refractivity (Wildman–Crippen MR) is 143 cm³/mol. The molecule has 4 N–H and O–H groups in total. The fourth-order valence-corrected chi connectivity index (χ4v) is 3.59. The third-order valence-corrected chi connectivity index (χ3v) is 5.59. The van der Waals surface area contributed by atoms with E-state index in [4.69, 9.17) is 4.74 Å². The Morgan fingerprint density at radius 1 is 0.925 bits per heavy atom. The molecule has 0 aliphatic rings. The number of halogens is 2. The molecule has 0 radical (unpaired) electrons. The number of aryl methyl sites for hydroxylation is 1. The number of nitrogens with one attached hydrogen (secondary N) is 4. The molecule has 40 heavy (non-hydrogen) atoms. The van der Waals surface area contributed by atoms with E-state index >= 15 is 0 Å². The van der Waals surface area contributed by atoms with E-state index in [0.29, 0.717) is 17.0 Å². The second-order valence-electron chi connectivity index (χ2n) is 8.57. The molecule has 0 fully saturated rings. The van der Waals surface area contributed by atoms with E-state index in [-0.39, 0.29) is 35.8 Å². The summed E-state index contributed by atoms with van der Waals surface area (Å²) in [5.74, 6) is -1.70. The van der Waals surface area contributed by atoms with Gasteiger partial charge in [0.15, 0.2) is 0 Å². The second kappa shape index (κ2) is 12.5. The summed E-state index contributed by atoms with van der Waals surface area (Å²) in [6.45, 7) is 1.88. The molecule has 3 amide bonds. The maximum atomic E-state index is 14.7. The average Bonchev–Trinajstić information content (AvgIpc) is 3.43. The molecule has 2 aromatic heterocycles. The predicted octanol–water partition coefficient (Wildman–Crippen LogP) is 5.39. The van der Waals surface area contributed by atoms with E-state index in [9.17, 15) is 23.2 Å². The minimum absolute atomic E-state index is 0.0277. The number of ether oxygens (including phenoxy) is 2. The second-order valence-corrected chi connectivity index (χ2v) is 8.57. The van der Waals surface area contributed by atoms with Crippen molar-refractivity contribution in [3.8, 4) is 22.8 Å². The number of hydrogen-bond acceptors (Lipinski definition) is 6. The fraction of sp³-hybridized carbons (Fsp3) is 0.143. The van der Waals surface area contributed by atoms with Crippen LogP contribution in [0.4, 0.5) is 25.0 Å². The topological polar surface area (TPSA) is 134 Å². The molecule has 0 unspecified atom stereocenters. The SMILES string of the molecule is COC(=O)CCNC(=O)c1cc(-c2cc(Oc3ccc(NC(=O)Nc4cc(C)ccc4F)c(F)c3)ccn2)c[nH]1. The summed E-state index contributed by atoms with van der Waals surface area (Å²) in [5.41, 5.74) is 1.95. The molecule has 12 heteroatoms. The number of aromatic amines is 1. The number of methoxy groups -OCH3 is 1. The molecule has 4 aromatic rings. The van der Waals surface area contributed by atoms with Gasteiger partial charge in [0.25, 0.3) is 5.91 Å². The Kier molecular flexibility index (Phi) is 8.69. The molecule has 0 aliphatic carbocycles. The van der Waals surface area contributed by atoms with Crippen LogP contribution < -0.4 is 20.7 Å². The zero-order valence-corrected chi connectivity index (χ0v) is 21.5. The number of H-pyrrole nitrogens is 1. The lowest BCUT2D eigenvalue weighted by molar-refractivity contribution is -0.140. The van der Waals surface area contributed by atoms with Crippen LogP contribution in [0.25, 0.3) is 11.3 Å². The van der Waals surface area contributed by atoms with Gasteiger partial charge in [-0.05, 0) is 48.9 Å². The number of rotatable bonds is 9. The first kappa shape index (κ1) is 27.8. The molecule has 0 saturated carbocycles. The van der Waals surface area contributed by atoms with Gasteiger partial charge in [0, 0.05) is 36.6 Å². The number of anilines is 2. The first-order valence-corrected chi connectivity index (χ1v) is 12.0. The Bertz CT molecular complexity index is 1560. The van der Waals surface area contributed by atoms with Crippen LogP contribution in [0.2, 0.25) is 0 Å². The molecule has 0 aliphatic heterocycles. The Morgan fingerprint density at radius 3 is 2.48 bits per heavy atom. The van der Waals surface area contributed by atoms with Gasteiger partial charge in [-0.1, -0.05) is 6.07 Å². The first-order chi connectivity index (χ1) is 19.2. The summed E-state index contributed by atoms with van der Waals surface area (Å²) < 4.78 is 38.9. The summed E-state index contributed by atoms with van der Waals surface area (Å²) >= 11 is 0. The van der Waals surface area contributed by atoms with E-state index in [1.165, 1.54) is 37.6 Å².